The van der Waals surface area contributed by atoms with Crippen LogP contribution < -0.4 is 10.5 Å². The van der Waals surface area contributed by atoms with Crippen molar-refractivity contribution in [3.63, 3.8) is 0 Å². The van der Waals surface area contributed by atoms with Crippen LogP contribution in [-0.2, 0) is 16.1 Å². The van der Waals surface area contributed by atoms with Crippen molar-refractivity contribution in [3.8, 4) is 11.6 Å². The van der Waals surface area contributed by atoms with Crippen molar-refractivity contribution in [2.45, 2.75) is 20.4 Å². The second-order valence-electron chi connectivity index (χ2n) is 6.43. The quantitative estimate of drug-likeness (QED) is 0.615. The van der Waals surface area contributed by atoms with Crippen LogP contribution >= 0.6 is 0 Å². The molecule has 0 atom stereocenters. The van der Waals surface area contributed by atoms with Gasteiger partial charge in [-0.1, -0.05) is 11.2 Å². The van der Waals surface area contributed by atoms with Crippen LogP contribution in [0.3, 0.4) is 0 Å². The summed E-state index contributed by atoms with van der Waals surface area (Å²) in [6, 6.07) is 4.19. The van der Waals surface area contributed by atoms with E-state index in [4.69, 9.17) is 20.0 Å². The summed E-state index contributed by atoms with van der Waals surface area (Å²) in [5, 5.41) is 3.74. The molecule has 2 aromatic rings. The average molecular weight is 371 g/mol. The molecular formula is C19H25N5O3. The molecule has 1 aromatic heterocycles. The Morgan fingerprint density at radius 1 is 1.22 bits per heavy atom. The van der Waals surface area contributed by atoms with Crippen molar-refractivity contribution in [3.05, 3.63) is 40.7 Å². The van der Waals surface area contributed by atoms with Gasteiger partial charge in [-0.2, -0.15) is 0 Å². The number of hydrogen-bond donors (Lipinski definition) is 1. The van der Waals surface area contributed by atoms with E-state index in [-0.39, 0.29) is 5.82 Å². The predicted octanol–water partition coefficient (Wildman–Crippen LogP) is 2.28. The third kappa shape index (κ3) is 4.72. The van der Waals surface area contributed by atoms with E-state index in [1.807, 2.05) is 13.0 Å². The standard InChI is InChI=1S/C19H25N5O3/c1-13-9-17(14(2)8-15(13)11-24-4-6-26-7-5-24)27-19-16(10-23-25-3)18(20)21-12-22-19/h8-10,12H,4-7,11H2,1-3H3,(H2,20,21,22). The highest BCUT2D eigenvalue weighted by Gasteiger charge is 2.15. The van der Waals surface area contributed by atoms with Gasteiger partial charge >= 0.3 is 0 Å². The first-order valence-electron chi connectivity index (χ1n) is 8.83. The van der Waals surface area contributed by atoms with Gasteiger partial charge in [0.05, 0.1) is 19.4 Å². The van der Waals surface area contributed by atoms with Crippen LogP contribution in [0.1, 0.15) is 22.3 Å². The number of aromatic nitrogens is 2. The number of hydrogen-bond acceptors (Lipinski definition) is 8. The maximum atomic E-state index is 6.03. The van der Waals surface area contributed by atoms with E-state index in [0.29, 0.717) is 11.4 Å². The summed E-state index contributed by atoms with van der Waals surface area (Å²) in [5.74, 6) is 1.34. The number of nitrogens with two attached hydrogens (primary N) is 1. The molecule has 8 nitrogen and oxygen atoms in total. The number of anilines is 1. The minimum atomic E-state index is 0.277. The molecule has 0 unspecified atom stereocenters. The zero-order chi connectivity index (χ0) is 19.2. The van der Waals surface area contributed by atoms with Crippen molar-refractivity contribution in [2.75, 3.05) is 39.1 Å². The maximum Gasteiger partial charge on any atom is 0.233 e. The third-order valence-corrected chi connectivity index (χ3v) is 4.50. The minimum absolute atomic E-state index is 0.277. The Morgan fingerprint density at radius 2 is 2.00 bits per heavy atom. The smallest absolute Gasteiger partial charge is 0.233 e. The van der Waals surface area contributed by atoms with E-state index in [0.717, 1.165) is 49.7 Å². The fraction of sp³-hybridized carbons (Fsp3) is 0.421. The number of nitrogens with zero attached hydrogens (tertiary/aromatic N) is 4. The van der Waals surface area contributed by atoms with E-state index in [9.17, 15) is 0 Å². The van der Waals surface area contributed by atoms with Crippen molar-refractivity contribution in [1.29, 1.82) is 0 Å². The van der Waals surface area contributed by atoms with Gasteiger partial charge in [-0.3, -0.25) is 4.90 Å². The van der Waals surface area contributed by atoms with Gasteiger partial charge in [-0.25, -0.2) is 9.97 Å². The fourth-order valence-corrected chi connectivity index (χ4v) is 2.93. The van der Waals surface area contributed by atoms with E-state index in [1.165, 1.54) is 25.2 Å². The average Bonchev–Trinajstić information content (AvgIpc) is 2.66. The Bertz CT molecular complexity index is 819. The van der Waals surface area contributed by atoms with Gasteiger partial charge in [0.2, 0.25) is 5.88 Å². The summed E-state index contributed by atoms with van der Waals surface area (Å²) in [6.07, 6.45) is 2.81. The Balaban J connectivity index is 1.83. The number of rotatable bonds is 6. The lowest BCUT2D eigenvalue weighted by Gasteiger charge is -2.27. The lowest BCUT2D eigenvalue weighted by Crippen LogP contribution is -2.35. The molecule has 144 valence electrons. The van der Waals surface area contributed by atoms with Crippen LogP contribution in [0.4, 0.5) is 5.82 Å². The normalized spacial score (nSPS) is 15.2. The number of ether oxygens (including phenoxy) is 2. The summed E-state index contributed by atoms with van der Waals surface area (Å²) < 4.78 is 11.5. The number of nitrogen functional groups attached to an aromatic ring is 1. The van der Waals surface area contributed by atoms with Crippen LogP contribution in [0.15, 0.2) is 23.6 Å². The Morgan fingerprint density at radius 3 is 2.74 bits per heavy atom. The molecule has 0 saturated carbocycles. The van der Waals surface area contributed by atoms with Crippen molar-refractivity contribution >= 4 is 12.0 Å². The van der Waals surface area contributed by atoms with Crippen LogP contribution in [0.25, 0.3) is 0 Å². The summed E-state index contributed by atoms with van der Waals surface area (Å²) in [5.41, 5.74) is 9.87. The van der Waals surface area contributed by atoms with Gasteiger partial charge in [0.25, 0.3) is 0 Å². The summed E-state index contributed by atoms with van der Waals surface area (Å²) in [6.45, 7) is 8.51. The monoisotopic (exact) mass is 371 g/mol. The largest absolute Gasteiger partial charge is 0.438 e. The summed E-state index contributed by atoms with van der Waals surface area (Å²) in [7, 11) is 1.46. The second kappa shape index (κ2) is 8.79. The van der Waals surface area contributed by atoms with Gasteiger partial charge in [-0.15, -0.1) is 0 Å². The van der Waals surface area contributed by atoms with Crippen LogP contribution in [-0.4, -0.2) is 54.5 Å². The first-order valence-corrected chi connectivity index (χ1v) is 8.83. The molecule has 0 amide bonds. The molecule has 2 N–H and O–H groups in total. The molecule has 1 fully saturated rings. The topological polar surface area (TPSA) is 95.1 Å². The van der Waals surface area contributed by atoms with Gasteiger partial charge in [0.15, 0.2) is 0 Å². The first kappa shape index (κ1) is 19.1. The van der Waals surface area contributed by atoms with Crippen molar-refractivity contribution in [1.82, 2.24) is 14.9 Å². The molecule has 1 aliphatic rings. The molecule has 8 heteroatoms. The number of benzene rings is 1. The van der Waals surface area contributed by atoms with E-state index >= 15 is 0 Å². The molecule has 0 bridgehead atoms. The van der Waals surface area contributed by atoms with Crippen LogP contribution in [0.2, 0.25) is 0 Å². The Labute approximate surface area is 158 Å². The van der Waals surface area contributed by atoms with E-state index in [1.54, 1.807) is 0 Å². The highest BCUT2D eigenvalue weighted by Crippen LogP contribution is 2.30. The van der Waals surface area contributed by atoms with Crippen molar-refractivity contribution in [2.24, 2.45) is 5.16 Å². The van der Waals surface area contributed by atoms with Crippen LogP contribution in [0.5, 0.6) is 11.6 Å². The lowest BCUT2D eigenvalue weighted by atomic mass is 10.0. The number of aryl methyl sites for hydroxylation is 2. The Kier molecular flexibility index (Phi) is 6.20. The molecule has 3 rings (SSSR count). The maximum absolute atomic E-state index is 6.03. The van der Waals surface area contributed by atoms with Gasteiger partial charge in [-0.05, 0) is 36.6 Å². The highest BCUT2D eigenvalue weighted by molar-refractivity contribution is 5.88. The molecule has 27 heavy (non-hydrogen) atoms. The van der Waals surface area contributed by atoms with Gasteiger partial charge < -0.3 is 20.0 Å². The first-order chi connectivity index (χ1) is 13.1. The molecule has 1 aromatic carbocycles. The predicted molar refractivity (Wildman–Crippen MR) is 103 cm³/mol. The zero-order valence-electron chi connectivity index (χ0n) is 15.9. The SMILES string of the molecule is CON=Cc1c(N)ncnc1Oc1cc(C)c(CN2CCOCC2)cc1C. The molecule has 1 aliphatic heterocycles. The molecular weight excluding hydrogens is 346 g/mol. The summed E-state index contributed by atoms with van der Waals surface area (Å²) in [4.78, 5) is 15.3. The molecule has 0 spiro atoms. The molecule has 1 saturated heterocycles. The number of morpholine rings is 1. The van der Waals surface area contributed by atoms with Crippen molar-refractivity contribution < 1.29 is 14.3 Å². The Hall–Kier alpha value is -2.71. The van der Waals surface area contributed by atoms with Gasteiger partial charge in [0, 0.05) is 19.6 Å². The third-order valence-electron chi connectivity index (χ3n) is 4.50. The van der Waals surface area contributed by atoms with Crippen LogP contribution in [0, 0.1) is 13.8 Å². The highest BCUT2D eigenvalue weighted by atomic mass is 16.6. The minimum Gasteiger partial charge on any atom is -0.438 e. The summed E-state index contributed by atoms with van der Waals surface area (Å²) >= 11 is 0. The fourth-order valence-electron chi connectivity index (χ4n) is 2.93. The van der Waals surface area contributed by atoms with E-state index < -0.39 is 0 Å². The second-order valence-corrected chi connectivity index (χ2v) is 6.43. The lowest BCUT2D eigenvalue weighted by molar-refractivity contribution is 0.0341. The zero-order valence-corrected chi connectivity index (χ0v) is 15.9. The van der Waals surface area contributed by atoms with Gasteiger partial charge in [0.1, 0.15) is 30.6 Å². The molecule has 2 heterocycles. The number of oxime groups is 1. The van der Waals surface area contributed by atoms with E-state index in [2.05, 4.69) is 33.0 Å². The molecule has 0 radical (unpaired) electrons. The molecule has 0 aliphatic carbocycles.